The average molecular weight is 175 g/mol. The first-order valence-electron chi connectivity index (χ1n) is 3.89. The van der Waals surface area contributed by atoms with E-state index in [0.29, 0.717) is 17.3 Å². The van der Waals surface area contributed by atoms with Gasteiger partial charge >= 0.3 is 0 Å². The van der Waals surface area contributed by atoms with Crippen molar-refractivity contribution in [1.82, 2.24) is 9.97 Å². The maximum absolute atomic E-state index is 5.58. The molecule has 2 rings (SSSR count). The lowest BCUT2D eigenvalue weighted by Crippen LogP contribution is -1.86. The van der Waals surface area contributed by atoms with Gasteiger partial charge in [-0.2, -0.15) is 0 Å². The number of rotatable bonds is 1. The first-order valence-corrected chi connectivity index (χ1v) is 3.89. The third kappa shape index (κ3) is 1.51. The lowest BCUT2D eigenvalue weighted by Gasteiger charge is -1.95. The minimum absolute atomic E-state index is 0.617. The lowest BCUT2D eigenvalue weighted by molar-refractivity contribution is 0.534. The SMILES string of the molecule is Cc1ncc(-c2cncc(N)c2)o1. The predicted octanol–water partition coefficient (Wildman–Crippen LogP) is 1.63. The van der Waals surface area contributed by atoms with E-state index in [4.69, 9.17) is 10.2 Å². The maximum Gasteiger partial charge on any atom is 0.191 e. The molecule has 0 saturated carbocycles. The number of aryl methyl sites for hydroxylation is 1. The molecular weight excluding hydrogens is 166 g/mol. The summed E-state index contributed by atoms with van der Waals surface area (Å²) in [5.74, 6) is 1.33. The van der Waals surface area contributed by atoms with E-state index in [1.54, 1.807) is 31.6 Å². The van der Waals surface area contributed by atoms with Crippen LogP contribution in [0.1, 0.15) is 5.89 Å². The Labute approximate surface area is 75.4 Å². The predicted molar refractivity (Wildman–Crippen MR) is 48.9 cm³/mol. The van der Waals surface area contributed by atoms with Gasteiger partial charge in [0, 0.05) is 24.9 Å². The minimum atomic E-state index is 0.617. The highest BCUT2D eigenvalue weighted by Crippen LogP contribution is 2.20. The fourth-order valence-corrected chi connectivity index (χ4v) is 1.09. The van der Waals surface area contributed by atoms with Gasteiger partial charge in [0.05, 0.1) is 11.9 Å². The minimum Gasteiger partial charge on any atom is -0.441 e. The molecule has 4 nitrogen and oxygen atoms in total. The zero-order valence-corrected chi connectivity index (χ0v) is 7.19. The molecule has 4 heteroatoms. The van der Waals surface area contributed by atoms with Crippen LogP contribution in [-0.4, -0.2) is 9.97 Å². The first kappa shape index (κ1) is 7.79. The molecular formula is C9H9N3O. The summed E-state index contributed by atoms with van der Waals surface area (Å²) in [4.78, 5) is 7.94. The molecule has 0 radical (unpaired) electrons. The molecule has 66 valence electrons. The first-order chi connectivity index (χ1) is 6.25. The Balaban J connectivity index is 2.46. The molecule has 0 aromatic carbocycles. The molecule has 0 aliphatic heterocycles. The van der Waals surface area contributed by atoms with Crippen molar-refractivity contribution in [3.8, 4) is 11.3 Å². The van der Waals surface area contributed by atoms with Gasteiger partial charge in [-0.05, 0) is 6.07 Å². The molecule has 0 fully saturated rings. The molecule has 0 unspecified atom stereocenters. The van der Waals surface area contributed by atoms with Gasteiger partial charge in [-0.15, -0.1) is 0 Å². The second-order valence-electron chi connectivity index (χ2n) is 2.75. The van der Waals surface area contributed by atoms with Crippen LogP contribution in [0.3, 0.4) is 0 Å². The summed E-state index contributed by atoms with van der Waals surface area (Å²) in [6, 6.07) is 1.80. The Hall–Kier alpha value is -1.84. The molecule has 0 spiro atoms. The smallest absolute Gasteiger partial charge is 0.191 e. The second-order valence-corrected chi connectivity index (χ2v) is 2.75. The monoisotopic (exact) mass is 175 g/mol. The van der Waals surface area contributed by atoms with E-state index in [9.17, 15) is 0 Å². The summed E-state index contributed by atoms with van der Waals surface area (Å²) in [6.45, 7) is 1.79. The number of nitrogen functional groups attached to an aromatic ring is 1. The molecule has 2 heterocycles. The van der Waals surface area contributed by atoms with Crippen LogP contribution in [-0.2, 0) is 0 Å². The third-order valence-electron chi connectivity index (χ3n) is 1.67. The fourth-order valence-electron chi connectivity index (χ4n) is 1.09. The number of oxazole rings is 1. The van der Waals surface area contributed by atoms with Gasteiger partial charge in [0.1, 0.15) is 0 Å². The highest BCUT2D eigenvalue weighted by Gasteiger charge is 2.03. The lowest BCUT2D eigenvalue weighted by atomic mass is 10.2. The molecule has 2 aromatic rings. The Kier molecular flexibility index (Phi) is 1.73. The topological polar surface area (TPSA) is 64.9 Å². The molecule has 2 N–H and O–H groups in total. The molecule has 2 aromatic heterocycles. The van der Waals surface area contributed by atoms with Crippen LogP contribution < -0.4 is 5.73 Å². The van der Waals surface area contributed by atoms with Crippen molar-refractivity contribution in [1.29, 1.82) is 0 Å². The van der Waals surface area contributed by atoms with Crippen molar-refractivity contribution in [2.24, 2.45) is 0 Å². The van der Waals surface area contributed by atoms with Crippen molar-refractivity contribution in [2.75, 3.05) is 5.73 Å². The zero-order chi connectivity index (χ0) is 9.26. The summed E-state index contributed by atoms with van der Waals surface area (Å²) in [5.41, 5.74) is 7.04. The summed E-state index contributed by atoms with van der Waals surface area (Å²) < 4.78 is 5.32. The Bertz CT molecular complexity index is 422. The van der Waals surface area contributed by atoms with E-state index in [1.807, 2.05) is 0 Å². The number of hydrogen-bond acceptors (Lipinski definition) is 4. The van der Waals surface area contributed by atoms with Crippen LogP contribution >= 0.6 is 0 Å². The van der Waals surface area contributed by atoms with Crippen molar-refractivity contribution in [2.45, 2.75) is 6.92 Å². The molecule has 0 saturated heterocycles. The van der Waals surface area contributed by atoms with Crippen molar-refractivity contribution >= 4 is 5.69 Å². The highest BCUT2D eigenvalue weighted by atomic mass is 16.4. The summed E-state index contributed by atoms with van der Waals surface area (Å²) in [5, 5.41) is 0. The van der Waals surface area contributed by atoms with Crippen LogP contribution in [0.15, 0.2) is 29.1 Å². The Morgan fingerprint density at radius 1 is 1.31 bits per heavy atom. The van der Waals surface area contributed by atoms with Gasteiger partial charge < -0.3 is 10.2 Å². The molecule has 0 bridgehead atoms. The van der Waals surface area contributed by atoms with Gasteiger partial charge in [0.2, 0.25) is 0 Å². The van der Waals surface area contributed by atoms with Gasteiger partial charge in [0.15, 0.2) is 11.7 Å². The highest BCUT2D eigenvalue weighted by molar-refractivity contribution is 5.59. The largest absolute Gasteiger partial charge is 0.441 e. The fraction of sp³-hybridized carbons (Fsp3) is 0.111. The Morgan fingerprint density at radius 2 is 2.15 bits per heavy atom. The average Bonchev–Trinajstić information content (AvgIpc) is 2.52. The normalized spacial score (nSPS) is 10.2. The van der Waals surface area contributed by atoms with E-state index in [0.717, 1.165) is 5.56 Å². The number of pyridine rings is 1. The van der Waals surface area contributed by atoms with E-state index in [-0.39, 0.29) is 0 Å². The zero-order valence-electron chi connectivity index (χ0n) is 7.19. The van der Waals surface area contributed by atoms with Gasteiger partial charge in [0.25, 0.3) is 0 Å². The van der Waals surface area contributed by atoms with Crippen LogP contribution in [0.25, 0.3) is 11.3 Å². The van der Waals surface area contributed by atoms with Gasteiger partial charge in [-0.25, -0.2) is 4.98 Å². The number of nitrogens with zero attached hydrogens (tertiary/aromatic N) is 2. The summed E-state index contributed by atoms with van der Waals surface area (Å²) in [7, 11) is 0. The second kappa shape index (κ2) is 2.90. The number of nitrogens with two attached hydrogens (primary N) is 1. The molecule has 0 aliphatic carbocycles. The summed E-state index contributed by atoms with van der Waals surface area (Å²) in [6.07, 6.45) is 4.94. The third-order valence-corrected chi connectivity index (χ3v) is 1.67. The van der Waals surface area contributed by atoms with E-state index < -0.39 is 0 Å². The van der Waals surface area contributed by atoms with Crippen LogP contribution in [0.2, 0.25) is 0 Å². The molecule has 0 atom stereocenters. The van der Waals surface area contributed by atoms with Crippen molar-refractivity contribution in [3.63, 3.8) is 0 Å². The summed E-state index contributed by atoms with van der Waals surface area (Å²) >= 11 is 0. The standard InChI is InChI=1S/C9H9N3O/c1-6-12-5-9(13-6)7-2-8(10)4-11-3-7/h2-5H,10H2,1H3. The van der Waals surface area contributed by atoms with Crippen molar-refractivity contribution in [3.05, 3.63) is 30.5 Å². The maximum atomic E-state index is 5.58. The van der Waals surface area contributed by atoms with Crippen molar-refractivity contribution < 1.29 is 4.42 Å². The van der Waals surface area contributed by atoms with E-state index in [1.165, 1.54) is 0 Å². The number of anilines is 1. The van der Waals surface area contributed by atoms with Crippen LogP contribution in [0.5, 0.6) is 0 Å². The number of hydrogen-bond donors (Lipinski definition) is 1. The quantitative estimate of drug-likeness (QED) is 0.715. The number of aromatic nitrogens is 2. The Morgan fingerprint density at radius 3 is 2.77 bits per heavy atom. The molecule has 13 heavy (non-hydrogen) atoms. The molecule has 0 amide bonds. The van der Waals surface area contributed by atoms with Crippen LogP contribution in [0.4, 0.5) is 5.69 Å². The van der Waals surface area contributed by atoms with Gasteiger partial charge in [-0.3, -0.25) is 4.98 Å². The van der Waals surface area contributed by atoms with Gasteiger partial charge in [-0.1, -0.05) is 0 Å². The van der Waals surface area contributed by atoms with E-state index in [2.05, 4.69) is 9.97 Å². The van der Waals surface area contributed by atoms with E-state index >= 15 is 0 Å². The van der Waals surface area contributed by atoms with Crippen LogP contribution in [0, 0.1) is 6.92 Å². The molecule has 0 aliphatic rings.